The Morgan fingerprint density at radius 2 is 1.74 bits per heavy atom. The van der Waals surface area contributed by atoms with Crippen molar-refractivity contribution in [3.8, 4) is 11.3 Å². The Labute approximate surface area is 202 Å². The smallest absolute Gasteiger partial charge is 0.182 e. The van der Waals surface area contributed by atoms with E-state index in [0.29, 0.717) is 29.0 Å². The molecule has 3 aromatic heterocycles. The van der Waals surface area contributed by atoms with Crippen LogP contribution >= 0.6 is 0 Å². The Balaban J connectivity index is 0.000000156. The molecule has 0 amide bonds. The summed E-state index contributed by atoms with van der Waals surface area (Å²) in [6.07, 6.45) is 12.0. The third kappa shape index (κ3) is 5.05. The number of rotatable bonds is 3. The summed E-state index contributed by atoms with van der Waals surface area (Å²) in [4.78, 5) is 16.8. The van der Waals surface area contributed by atoms with Gasteiger partial charge in [-0.2, -0.15) is 5.10 Å². The topological polar surface area (TPSA) is 78.6 Å². The highest BCUT2D eigenvalue weighted by Gasteiger charge is 2.26. The van der Waals surface area contributed by atoms with Crippen LogP contribution in [-0.2, 0) is 4.74 Å². The average Bonchev–Trinajstić information content (AvgIpc) is 3.59. The van der Waals surface area contributed by atoms with Crippen LogP contribution < -0.4 is 0 Å². The number of hydrogen-bond acceptors (Lipinski definition) is 6. The standard InChI is InChI=1S/C15H12F2N4.C11H16N2O/c1-7-4-12(17)10(5-11(7)16)13-14-15(19-6-18-13)21-9(3)8(2)20-14;1-2-6-14-11(3-1)9-7-12-13(8-9)10-4-5-10/h4-6H,1-3H3;7-8,10-11H,1-6H2. The fourth-order valence-electron chi connectivity index (χ4n) is 4.13. The number of nitrogens with zero attached hydrogens (tertiary/aromatic N) is 6. The summed E-state index contributed by atoms with van der Waals surface area (Å²) in [6.45, 7) is 6.03. The van der Waals surface area contributed by atoms with E-state index < -0.39 is 11.6 Å². The lowest BCUT2D eigenvalue weighted by atomic mass is 10.0. The number of fused-ring (bicyclic) bond motifs is 1. The second-order valence-electron chi connectivity index (χ2n) is 9.21. The summed E-state index contributed by atoms with van der Waals surface area (Å²) in [5, 5.41) is 4.39. The van der Waals surface area contributed by atoms with Crippen molar-refractivity contribution in [2.24, 2.45) is 0 Å². The van der Waals surface area contributed by atoms with Crippen LogP contribution in [0.4, 0.5) is 8.78 Å². The van der Waals surface area contributed by atoms with Crippen LogP contribution in [0, 0.1) is 32.4 Å². The molecule has 6 rings (SSSR count). The summed E-state index contributed by atoms with van der Waals surface area (Å²) >= 11 is 0. The molecule has 7 nitrogen and oxygen atoms in total. The number of halogens is 2. The van der Waals surface area contributed by atoms with Crippen molar-refractivity contribution in [3.05, 3.63) is 65.0 Å². The first-order valence-corrected chi connectivity index (χ1v) is 12.0. The maximum absolute atomic E-state index is 14.1. The molecule has 1 aliphatic heterocycles. The molecule has 9 heteroatoms. The summed E-state index contributed by atoms with van der Waals surface area (Å²) in [5.74, 6) is -1.04. The van der Waals surface area contributed by atoms with Gasteiger partial charge in [-0.3, -0.25) is 4.68 Å². The first kappa shape index (κ1) is 23.4. The summed E-state index contributed by atoms with van der Waals surface area (Å²) in [6, 6.07) is 2.96. The molecule has 182 valence electrons. The maximum atomic E-state index is 14.1. The Kier molecular flexibility index (Phi) is 6.51. The number of aryl methyl sites for hydroxylation is 3. The highest BCUT2D eigenvalue weighted by Crippen LogP contribution is 2.36. The second-order valence-corrected chi connectivity index (χ2v) is 9.21. The Hall–Kier alpha value is -3.33. The van der Waals surface area contributed by atoms with E-state index in [1.807, 2.05) is 13.1 Å². The highest BCUT2D eigenvalue weighted by atomic mass is 19.1. The zero-order valence-electron chi connectivity index (χ0n) is 20.1. The van der Waals surface area contributed by atoms with Gasteiger partial charge in [-0.1, -0.05) is 0 Å². The van der Waals surface area contributed by atoms with Crippen LogP contribution in [0.5, 0.6) is 0 Å². The van der Waals surface area contributed by atoms with Crippen molar-refractivity contribution >= 4 is 11.2 Å². The molecule has 4 heterocycles. The lowest BCUT2D eigenvalue weighted by Crippen LogP contribution is -2.10. The van der Waals surface area contributed by atoms with Crippen LogP contribution in [0.1, 0.15) is 66.8 Å². The molecule has 1 atom stereocenters. The number of hydrogen-bond donors (Lipinski definition) is 0. The van der Waals surface area contributed by atoms with E-state index in [0.717, 1.165) is 30.9 Å². The van der Waals surface area contributed by atoms with Gasteiger partial charge in [-0.25, -0.2) is 28.7 Å². The van der Waals surface area contributed by atoms with E-state index >= 15 is 0 Å². The SMILES string of the molecule is Cc1cc(F)c(-c2ncnc3nc(C)c(C)nc23)cc1F.c1nn(C2CC2)cc1C1CCCCO1. The molecule has 1 aliphatic carbocycles. The molecule has 2 aliphatic rings. The van der Waals surface area contributed by atoms with E-state index in [1.54, 1.807) is 6.92 Å². The molecule has 1 saturated carbocycles. The molecule has 0 N–H and O–H groups in total. The van der Waals surface area contributed by atoms with E-state index in [9.17, 15) is 8.78 Å². The molecule has 4 aromatic rings. The monoisotopic (exact) mass is 478 g/mol. The van der Waals surface area contributed by atoms with Gasteiger partial charge in [0.25, 0.3) is 0 Å². The van der Waals surface area contributed by atoms with Gasteiger partial charge in [-0.15, -0.1) is 0 Å². The zero-order valence-corrected chi connectivity index (χ0v) is 20.1. The number of aromatic nitrogens is 6. The van der Waals surface area contributed by atoms with Gasteiger partial charge in [0.05, 0.1) is 29.7 Å². The first-order chi connectivity index (χ1) is 16.9. The van der Waals surface area contributed by atoms with E-state index in [4.69, 9.17) is 4.74 Å². The third-order valence-corrected chi connectivity index (χ3v) is 6.48. The molecule has 0 spiro atoms. The van der Waals surface area contributed by atoms with Crippen molar-refractivity contribution in [2.45, 2.75) is 65.0 Å². The van der Waals surface area contributed by atoms with Crippen LogP contribution in [0.2, 0.25) is 0 Å². The minimum Gasteiger partial charge on any atom is -0.373 e. The Morgan fingerprint density at radius 3 is 2.49 bits per heavy atom. The number of benzene rings is 1. The molecule has 0 radical (unpaired) electrons. The predicted octanol–water partition coefficient (Wildman–Crippen LogP) is 5.75. The Bertz CT molecular complexity index is 1360. The van der Waals surface area contributed by atoms with Crippen molar-refractivity contribution in [1.82, 2.24) is 29.7 Å². The molecular formula is C26H28F2N6O. The average molecular weight is 479 g/mol. The largest absolute Gasteiger partial charge is 0.373 e. The van der Waals surface area contributed by atoms with Crippen molar-refractivity contribution in [2.75, 3.05) is 6.61 Å². The third-order valence-electron chi connectivity index (χ3n) is 6.48. The molecular weight excluding hydrogens is 450 g/mol. The van der Waals surface area contributed by atoms with Crippen LogP contribution in [-0.4, -0.2) is 36.3 Å². The first-order valence-electron chi connectivity index (χ1n) is 12.0. The number of ether oxygens (including phenoxy) is 1. The van der Waals surface area contributed by atoms with E-state index in [2.05, 4.69) is 35.9 Å². The molecule has 1 aromatic carbocycles. The molecule has 35 heavy (non-hydrogen) atoms. The lowest BCUT2D eigenvalue weighted by molar-refractivity contribution is 0.0149. The minimum absolute atomic E-state index is 0.0584. The summed E-state index contributed by atoms with van der Waals surface area (Å²) in [7, 11) is 0. The van der Waals surface area contributed by atoms with Crippen LogP contribution in [0.25, 0.3) is 22.4 Å². The quantitative estimate of drug-likeness (QED) is 0.373. The minimum atomic E-state index is -0.547. The summed E-state index contributed by atoms with van der Waals surface area (Å²) in [5.41, 5.74) is 3.99. The van der Waals surface area contributed by atoms with E-state index in [-0.39, 0.29) is 16.8 Å². The van der Waals surface area contributed by atoms with Crippen molar-refractivity contribution in [1.29, 1.82) is 0 Å². The predicted molar refractivity (Wildman–Crippen MR) is 128 cm³/mol. The zero-order chi connectivity index (χ0) is 24.5. The highest BCUT2D eigenvalue weighted by molar-refractivity contribution is 5.86. The van der Waals surface area contributed by atoms with Gasteiger partial charge in [0, 0.05) is 23.9 Å². The fourth-order valence-corrected chi connectivity index (χ4v) is 4.13. The van der Waals surface area contributed by atoms with Gasteiger partial charge >= 0.3 is 0 Å². The maximum Gasteiger partial charge on any atom is 0.182 e. The van der Waals surface area contributed by atoms with Crippen molar-refractivity contribution < 1.29 is 13.5 Å². The van der Waals surface area contributed by atoms with Gasteiger partial charge in [0.1, 0.15) is 29.2 Å². The van der Waals surface area contributed by atoms with Gasteiger partial charge in [0.2, 0.25) is 0 Å². The molecule has 2 fully saturated rings. The Morgan fingerprint density at radius 1 is 0.943 bits per heavy atom. The van der Waals surface area contributed by atoms with Gasteiger partial charge in [0.15, 0.2) is 5.65 Å². The van der Waals surface area contributed by atoms with Crippen LogP contribution in [0.3, 0.4) is 0 Å². The normalized spacial score (nSPS) is 17.8. The van der Waals surface area contributed by atoms with Gasteiger partial charge < -0.3 is 4.74 Å². The second kappa shape index (κ2) is 9.73. The van der Waals surface area contributed by atoms with Crippen molar-refractivity contribution in [3.63, 3.8) is 0 Å². The summed E-state index contributed by atoms with van der Waals surface area (Å²) < 4.78 is 35.7. The lowest BCUT2D eigenvalue weighted by Gasteiger charge is -2.21. The van der Waals surface area contributed by atoms with Gasteiger partial charge in [-0.05, 0) is 70.6 Å². The molecule has 0 bridgehead atoms. The molecule has 1 unspecified atom stereocenters. The molecule has 1 saturated heterocycles. The van der Waals surface area contributed by atoms with E-state index in [1.165, 1.54) is 44.5 Å². The van der Waals surface area contributed by atoms with Crippen LogP contribution in [0.15, 0.2) is 30.9 Å². The fraction of sp³-hybridized carbons (Fsp3) is 0.423.